The van der Waals surface area contributed by atoms with Crippen molar-refractivity contribution in [3.05, 3.63) is 124 Å². The predicted molar refractivity (Wildman–Crippen MR) is 149 cm³/mol. The van der Waals surface area contributed by atoms with E-state index in [1.807, 2.05) is 12.1 Å². The number of nitrogens with zero attached hydrogens (tertiary/aromatic N) is 1. The first-order valence-corrected chi connectivity index (χ1v) is 13.1. The number of anilines is 1. The molecular weight excluding hydrogens is 462 g/mol. The van der Waals surface area contributed by atoms with Crippen molar-refractivity contribution >= 4 is 56.7 Å². The molecule has 4 heteroatoms. The van der Waals surface area contributed by atoms with Crippen molar-refractivity contribution in [3.8, 4) is 0 Å². The SMILES string of the molecule is CSC(=S)C1=C2C(=C(c3ccccc3)C=C(c3ccccc3)N2c2ccc(Cl)cc2)CCC1. The number of thiocarbonyl (C=S) groups is 1. The Bertz CT molecular complexity index is 1270. The van der Waals surface area contributed by atoms with Crippen LogP contribution in [-0.4, -0.2) is 10.5 Å². The average molecular weight is 486 g/mol. The minimum absolute atomic E-state index is 0.735. The second-order valence-electron chi connectivity index (χ2n) is 8.14. The quantitative estimate of drug-likeness (QED) is 0.340. The van der Waals surface area contributed by atoms with E-state index in [2.05, 4.69) is 90.0 Å². The fourth-order valence-corrected chi connectivity index (χ4v) is 5.45. The van der Waals surface area contributed by atoms with Gasteiger partial charge in [-0.1, -0.05) is 84.5 Å². The summed E-state index contributed by atoms with van der Waals surface area (Å²) in [7, 11) is 0. The summed E-state index contributed by atoms with van der Waals surface area (Å²) >= 11 is 13.8. The number of fused-ring (bicyclic) bond motifs is 1. The Labute approximate surface area is 210 Å². The zero-order chi connectivity index (χ0) is 22.8. The van der Waals surface area contributed by atoms with Crippen LogP contribution in [0.25, 0.3) is 11.3 Å². The van der Waals surface area contributed by atoms with Crippen LogP contribution in [-0.2, 0) is 0 Å². The molecule has 1 nitrogen and oxygen atoms in total. The van der Waals surface area contributed by atoms with Crippen LogP contribution in [0, 0.1) is 0 Å². The van der Waals surface area contributed by atoms with Gasteiger partial charge in [-0.05, 0) is 78.1 Å². The van der Waals surface area contributed by atoms with Crippen molar-refractivity contribution in [1.29, 1.82) is 0 Å². The van der Waals surface area contributed by atoms with Gasteiger partial charge in [-0.25, -0.2) is 0 Å². The lowest BCUT2D eigenvalue weighted by atomic mass is 9.82. The van der Waals surface area contributed by atoms with E-state index in [0.717, 1.165) is 39.9 Å². The van der Waals surface area contributed by atoms with E-state index in [0.29, 0.717) is 0 Å². The first kappa shape index (κ1) is 22.2. The third-order valence-electron chi connectivity index (χ3n) is 6.17. The van der Waals surface area contributed by atoms with Gasteiger partial charge < -0.3 is 4.90 Å². The highest BCUT2D eigenvalue weighted by Gasteiger charge is 2.33. The second-order valence-corrected chi connectivity index (χ2v) is 10.1. The molecule has 0 bridgehead atoms. The molecule has 0 spiro atoms. The first-order chi connectivity index (χ1) is 16.2. The number of rotatable bonds is 4. The Balaban J connectivity index is 1.84. The number of halogens is 1. The molecule has 0 saturated heterocycles. The van der Waals surface area contributed by atoms with Crippen LogP contribution in [0.3, 0.4) is 0 Å². The normalized spacial score (nSPS) is 15.9. The molecule has 3 aromatic rings. The first-order valence-electron chi connectivity index (χ1n) is 11.1. The van der Waals surface area contributed by atoms with Crippen molar-refractivity contribution in [3.63, 3.8) is 0 Å². The van der Waals surface area contributed by atoms with Crippen molar-refractivity contribution in [1.82, 2.24) is 0 Å². The number of benzene rings is 3. The lowest BCUT2D eigenvalue weighted by molar-refractivity contribution is 0.778. The maximum absolute atomic E-state index is 6.27. The molecule has 0 aromatic heterocycles. The summed E-state index contributed by atoms with van der Waals surface area (Å²) in [5.41, 5.74) is 9.82. The van der Waals surface area contributed by atoms with E-state index in [-0.39, 0.29) is 0 Å². The van der Waals surface area contributed by atoms with E-state index in [9.17, 15) is 0 Å². The average Bonchev–Trinajstić information content (AvgIpc) is 2.88. The van der Waals surface area contributed by atoms with Gasteiger partial charge in [-0.2, -0.15) is 0 Å². The third kappa shape index (κ3) is 4.33. The van der Waals surface area contributed by atoms with E-state index in [1.54, 1.807) is 11.8 Å². The molecule has 3 aromatic carbocycles. The highest BCUT2D eigenvalue weighted by Crippen LogP contribution is 2.48. The van der Waals surface area contributed by atoms with Crippen LogP contribution in [0.1, 0.15) is 30.4 Å². The fourth-order valence-electron chi connectivity index (χ4n) is 4.68. The molecule has 0 saturated carbocycles. The molecule has 2 aliphatic rings. The third-order valence-corrected chi connectivity index (χ3v) is 7.78. The molecular formula is C29H24ClNS2. The van der Waals surface area contributed by atoms with Crippen LogP contribution in [0.2, 0.25) is 5.02 Å². The van der Waals surface area contributed by atoms with Crippen molar-refractivity contribution in [2.24, 2.45) is 0 Å². The van der Waals surface area contributed by atoms with Crippen LogP contribution in [0.4, 0.5) is 5.69 Å². The predicted octanol–water partition coefficient (Wildman–Crippen LogP) is 8.78. The van der Waals surface area contributed by atoms with E-state index in [4.69, 9.17) is 23.8 Å². The summed E-state index contributed by atoms with van der Waals surface area (Å²) in [6, 6.07) is 29.5. The summed E-state index contributed by atoms with van der Waals surface area (Å²) < 4.78 is 0.975. The molecule has 0 radical (unpaired) electrons. The zero-order valence-corrected chi connectivity index (χ0v) is 20.8. The van der Waals surface area contributed by atoms with Gasteiger partial charge in [0.1, 0.15) is 0 Å². The van der Waals surface area contributed by atoms with E-state index < -0.39 is 0 Å². The topological polar surface area (TPSA) is 3.24 Å². The summed E-state index contributed by atoms with van der Waals surface area (Å²) in [4.78, 5) is 2.39. The summed E-state index contributed by atoms with van der Waals surface area (Å²) in [6.07, 6.45) is 7.56. The minimum Gasteiger partial charge on any atom is -0.309 e. The van der Waals surface area contributed by atoms with Crippen molar-refractivity contribution in [2.45, 2.75) is 19.3 Å². The zero-order valence-electron chi connectivity index (χ0n) is 18.4. The Morgan fingerprint density at radius 1 is 0.848 bits per heavy atom. The number of allylic oxidation sites excluding steroid dienone is 3. The van der Waals surface area contributed by atoms with Gasteiger partial charge in [0.05, 0.1) is 15.6 Å². The van der Waals surface area contributed by atoms with Crippen molar-refractivity contribution in [2.75, 3.05) is 11.2 Å². The van der Waals surface area contributed by atoms with Gasteiger partial charge in [0.15, 0.2) is 0 Å². The Morgan fingerprint density at radius 3 is 2.12 bits per heavy atom. The minimum atomic E-state index is 0.735. The second kappa shape index (κ2) is 9.72. The largest absolute Gasteiger partial charge is 0.309 e. The molecule has 0 N–H and O–H groups in total. The molecule has 164 valence electrons. The lowest BCUT2D eigenvalue weighted by Gasteiger charge is -2.40. The van der Waals surface area contributed by atoms with Gasteiger partial charge in [0, 0.05) is 16.3 Å². The maximum atomic E-state index is 6.27. The van der Waals surface area contributed by atoms with Gasteiger partial charge in [-0.15, -0.1) is 11.8 Å². The molecule has 33 heavy (non-hydrogen) atoms. The maximum Gasteiger partial charge on any atom is 0.0756 e. The number of hydrogen-bond donors (Lipinski definition) is 0. The molecule has 0 amide bonds. The van der Waals surface area contributed by atoms with Crippen molar-refractivity contribution < 1.29 is 0 Å². The van der Waals surface area contributed by atoms with Crippen LogP contribution < -0.4 is 4.90 Å². The molecule has 1 aliphatic heterocycles. The van der Waals surface area contributed by atoms with Gasteiger partial charge in [0.2, 0.25) is 0 Å². The van der Waals surface area contributed by atoms with Gasteiger partial charge in [0.25, 0.3) is 0 Å². The molecule has 0 fully saturated rings. The summed E-state index contributed by atoms with van der Waals surface area (Å²) in [5.74, 6) is 0. The molecule has 1 heterocycles. The van der Waals surface area contributed by atoms with Crippen LogP contribution in [0.5, 0.6) is 0 Å². The van der Waals surface area contributed by atoms with E-state index >= 15 is 0 Å². The molecule has 0 unspecified atom stereocenters. The van der Waals surface area contributed by atoms with Gasteiger partial charge in [-0.3, -0.25) is 0 Å². The molecule has 5 rings (SSSR count). The fraction of sp³-hybridized carbons (Fsp3) is 0.138. The summed E-state index contributed by atoms with van der Waals surface area (Å²) in [6.45, 7) is 0. The van der Waals surface area contributed by atoms with E-state index in [1.165, 1.54) is 33.5 Å². The monoisotopic (exact) mass is 485 g/mol. The molecule has 0 atom stereocenters. The smallest absolute Gasteiger partial charge is 0.0756 e. The Hall–Kier alpha value is -2.59. The lowest BCUT2D eigenvalue weighted by Crippen LogP contribution is -2.30. The van der Waals surface area contributed by atoms with Crippen LogP contribution >= 0.6 is 35.6 Å². The van der Waals surface area contributed by atoms with Gasteiger partial charge >= 0.3 is 0 Å². The Kier molecular flexibility index (Phi) is 6.55. The highest BCUT2D eigenvalue weighted by atomic mass is 35.5. The van der Waals surface area contributed by atoms with Crippen LogP contribution in [0.15, 0.2) is 108 Å². The Morgan fingerprint density at radius 2 is 1.48 bits per heavy atom. The molecule has 1 aliphatic carbocycles. The number of hydrogen-bond acceptors (Lipinski definition) is 3. The standard InChI is InChI=1S/C29H24ClNS2/c1-33-29(32)25-14-8-13-24-26(20-9-4-2-5-10-20)19-27(21-11-6-3-7-12-21)31(28(24)25)23-17-15-22(30)16-18-23/h2-7,9-12,15-19H,8,13-14H2,1H3. The number of thioether (sulfide) groups is 1. The summed E-state index contributed by atoms with van der Waals surface area (Å²) in [5, 5.41) is 0.735. The highest BCUT2D eigenvalue weighted by molar-refractivity contribution is 8.23.